The highest BCUT2D eigenvalue weighted by Crippen LogP contribution is 2.27. The van der Waals surface area contributed by atoms with Gasteiger partial charge in [-0.25, -0.2) is 0 Å². The SMILES string of the molecule is CCCCCCOc1ccc(C(=O)N2CCNC(=O)C2CC(=O)OCCCc2ccccc2)cc1Br. The van der Waals surface area contributed by atoms with Crippen LogP contribution in [0, 0.1) is 0 Å². The molecular formula is C28H35BrN2O5. The molecule has 1 aliphatic heterocycles. The van der Waals surface area contributed by atoms with E-state index in [0.717, 1.165) is 19.3 Å². The fourth-order valence-electron chi connectivity index (χ4n) is 4.11. The Hall–Kier alpha value is -2.87. The van der Waals surface area contributed by atoms with Crippen molar-refractivity contribution < 1.29 is 23.9 Å². The smallest absolute Gasteiger partial charge is 0.308 e. The number of aryl methyl sites for hydroxylation is 1. The van der Waals surface area contributed by atoms with Crippen LogP contribution in [0.25, 0.3) is 0 Å². The molecule has 1 heterocycles. The molecule has 1 aliphatic rings. The zero-order valence-corrected chi connectivity index (χ0v) is 22.4. The number of esters is 1. The Morgan fingerprint density at radius 2 is 1.86 bits per heavy atom. The van der Waals surface area contributed by atoms with Gasteiger partial charge in [0.15, 0.2) is 0 Å². The van der Waals surface area contributed by atoms with Gasteiger partial charge in [0, 0.05) is 18.7 Å². The predicted octanol–water partition coefficient (Wildman–Crippen LogP) is 4.91. The van der Waals surface area contributed by atoms with E-state index < -0.39 is 12.0 Å². The van der Waals surface area contributed by atoms with E-state index in [1.807, 2.05) is 30.3 Å². The molecule has 2 aromatic rings. The second kappa shape index (κ2) is 14.6. The number of hydrogen-bond donors (Lipinski definition) is 1. The van der Waals surface area contributed by atoms with Crippen molar-refractivity contribution in [3.8, 4) is 5.75 Å². The van der Waals surface area contributed by atoms with Crippen molar-refractivity contribution in [1.29, 1.82) is 0 Å². The van der Waals surface area contributed by atoms with Crippen molar-refractivity contribution >= 4 is 33.7 Å². The minimum absolute atomic E-state index is 0.178. The summed E-state index contributed by atoms with van der Waals surface area (Å²) in [6.07, 6.45) is 5.77. The van der Waals surface area contributed by atoms with Crippen LogP contribution in [0.2, 0.25) is 0 Å². The number of hydrogen-bond acceptors (Lipinski definition) is 5. The Morgan fingerprint density at radius 3 is 2.61 bits per heavy atom. The van der Waals surface area contributed by atoms with Crippen molar-refractivity contribution in [2.45, 2.75) is 57.9 Å². The average molecular weight is 560 g/mol. The topological polar surface area (TPSA) is 84.9 Å². The van der Waals surface area contributed by atoms with Gasteiger partial charge in [-0.05, 0) is 59.0 Å². The first-order chi connectivity index (χ1) is 17.5. The molecule has 3 rings (SSSR count). The summed E-state index contributed by atoms with van der Waals surface area (Å²) in [5.41, 5.74) is 1.60. The van der Waals surface area contributed by atoms with Crippen LogP contribution in [0.15, 0.2) is 53.0 Å². The Labute approximate surface area is 221 Å². The van der Waals surface area contributed by atoms with E-state index in [4.69, 9.17) is 9.47 Å². The molecular weight excluding hydrogens is 524 g/mol. The number of unbranched alkanes of at least 4 members (excludes halogenated alkanes) is 3. The third-order valence-corrected chi connectivity index (χ3v) is 6.72. The Balaban J connectivity index is 1.54. The summed E-state index contributed by atoms with van der Waals surface area (Å²) in [4.78, 5) is 39.8. The largest absolute Gasteiger partial charge is 0.492 e. The number of carbonyl (C=O) groups excluding carboxylic acids is 3. The normalized spacial score (nSPS) is 15.3. The maximum atomic E-state index is 13.3. The maximum absolute atomic E-state index is 13.3. The maximum Gasteiger partial charge on any atom is 0.308 e. The molecule has 194 valence electrons. The Morgan fingerprint density at radius 1 is 1.06 bits per heavy atom. The highest BCUT2D eigenvalue weighted by Gasteiger charge is 2.35. The van der Waals surface area contributed by atoms with Gasteiger partial charge in [-0.1, -0.05) is 56.5 Å². The number of nitrogens with zero attached hydrogens (tertiary/aromatic N) is 1. The number of halogens is 1. The van der Waals surface area contributed by atoms with Gasteiger partial charge in [0.05, 0.1) is 24.1 Å². The molecule has 2 aromatic carbocycles. The highest BCUT2D eigenvalue weighted by atomic mass is 79.9. The van der Waals surface area contributed by atoms with E-state index in [0.29, 0.717) is 41.9 Å². The summed E-state index contributed by atoms with van der Waals surface area (Å²) >= 11 is 3.49. The third kappa shape index (κ3) is 8.36. The van der Waals surface area contributed by atoms with Gasteiger partial charge < -0.3 is 19.7 Å². The predicted molar refractivity (Wildman–Crippen MR) is 142 cm³/mol. The van der Waals surface area contributed by atoms with Gasteiger partial charge in [0.25, 0.3) is 5.91 Å². The first-order valence-electron chi connectivity index (χ1n) is 12.7. The molecule has 0 spiro atoms. The van der Waals surface area contributed by atoms with Crippen LogP contribution < -0.4 is 10.1 Å². The molecule has 1 fully saturated rings. The standard InChI is InChI=1S/C28H35BrN2O5/c1-2-3-4-8-17-35-25-14-13-22(19-23(25)29)28(34)31-16-15-30-27(33)24(31)20-26(32)36-18-9-12-21-10-6-5-7-11-21/h5-7,10-11,13-14,19,24H,2-4,8-9,12,15-18,20H2,1H3,(H,30,33). The lowest BCUT2D eigenvalue weighted by atomic mass is 10.1. The van der Waals surface area contributed by atoms with Crippen molar-refractivity contribution in [3.63, 3.8) is 0 Å². The van der Waals surface area contributed by atoms with Gasteiger partial charge in [0.2, 0.25) is 5.91 Å². The van der Waals surface area contributed by atoms with E-state index >= 15 is 0 Å². The molecule has 1 N–H and O–H groups in total. The summed E-state index contributed by atoms with van der Waals surface area (Å²) in [5, 5.41) is 2.75. The summed E-state index contributed by atoms with van der Waals surface area (Å²) in [6.45, 7) is 3.72. The van der Waals surface area contributed by atoms with E-state index in [2.05, 4.69) is 28.2 Å². The minimum Gasteiger partial charge on any atom is -0.492 e. The van der Waals surface area contributed by atoms with Gasteiger partial charge >= 0.3 is 5.97 Å². The highest BCUT2D eigenvalue weighted by molar-refractivity contribution is 9.10. The van der Waals surface area contributed by atoms with Crippen LogP contribution in [0.3, 0.4) is 0 Å². The first-order valence-corrected chi connectivity index (χ1v) is 13.5. The molecule has 1 atom stereocenters. The molecule has 0 aliphatic carbocycles. The molecule has 0 saturated carbocycles. The van der Waals surface area contributed by atoms with Crippen molar-refractivity contribution in [1.82, 2.24) is 10.2 Å². The Kier molecular flexibility index (Phi) is 11.3. The van der Waals surface area contributed by atoms with Gasteiger partial charge in [0.1, 0.15) is 11.8 Å². The van der Waals surface area contributed by atoms with Gasteiger partial charge in [-0.2, -0.15) is 0 Å². The Bertz CT molecular complexity index is 1010. The number of piperazine rings is 1. The monoisotopic (exact) mass is 558 g/mol. The molecule has 2 amide bonds. The third-order valence-electron chi connectivity index (χ3n) is 6.10. The molecule has 7 nitrogen and oxygen atoms in total. The lowest BCUT2D eigenvalue weighted by Crippen LogP contribution is -2.57. The lowest BCUT2D eigenvalue weighted by Gasteiger charge is -2.34. The van der Waals surface area contributed by atoms with Gasteiger partial charge in [-0.3, -0.25) is 14.4 Å². The van der Waals surface area contributed by atoms with E-state index in [-0.39, 0.29) is 24.8 Å². The number of nitrogens with one attached hydrogen (secondary N) is 1. The van der Waals surface area contributed by atoms with E-state index in [1.54, 1.807) is 18.2 Å². The number of carbonyl (C=O) groups is 3. The summed E-state index contributed by atoms with van der Waals surface area (Å²) in [7, 11) is 0. The zero-order valence-electron chi connectivity index (χ0n) is 20.8. The van der Waals surface area contributed by atoms with Gasteiger partial charge in [-0.15, -0.1) is 0 Å². The second-order valence-electron chi connectivity index (χ2n) is 8.87. The molecule has 1 unspecified atom stereocenters. The number of ether oxygens (including phenoxy) is 2. The second-order valence-corrected chi connectivity index (χ2v) is 9.73. The fourth-order valence-corrected chi connectivity index (χ4v) is 4.61. The average Bonchev–Trinajstić information content (AvgIpc) is 2.88. The molecule has 36 heavy (non-hydrogen) atoms. The molecule has 8 heteroatoms. The van der Waals surface area contributed by atoms with Crippen LogP contribution in [0.4, 0.5) is 0 Å². The molecule has 0 bridgehead atoms. The van der Waals surface area contributed by atoms with E-state index in [9.17, 15) is 14.4 Å². The minimum atomic E-state index is -0.902. The number of benzene rings is 2. The van der Waals surface area contributed by atoms with Crippen molar-refractivity contribution in [2.24, 2.45) is 0 Å². The summed E-state index contributed by atoms with van der Waals surface area (Å²) in [6, 6.07) is 14.2. The van der Waals surface area contributed by atoms with Crippen molar-refractivity contribution in [2.75, 3.05) is 26.3 Å². The van der Waals surface area contributed by atoms with Crippen LogP contribution >= 0.6 is 15.9 Å². The van der Waals surface area contributed by atoms with E-state index in [1.165, 1.54) is 23.3 Å². The van der Waals surface area contributed by atoms with Crippen LogP contribution in [-0.2, 0) is 20.7 Å². The number of amides is 2. The van der Waals surface area contributed by atoms with Crippen LogP contribution in [-0.4, -0.2) is 55.0 Å². The molecule has 0 radical (unpaired) electrons. The quantitative estimate of drug-likeness (QED) is 0.279. The molecule has 0 aromatic heterocycles. The first kappa shape index (κ1) is 27.7. The fraction of sp³-hybridized carbons (Fsp3) is 0.464. The van der Waals surface area contributed by atoms with Crippen LogP contribution in [0.5, 0.6) is 5.75 Å². The summed E-state index contributed by atoms with van der Waals surface area (Å²) < 4.78 is 11.9. The summed E-state index contributed by atoms with van der Waals surface area (Å²) in [5.74, 6) is -0.463. The zero-order chi connectivity index (χ0) is 25.8. The van der Waals surface area contributed by atoms with Crippen molar-refractivity contribution in [3.05, 3.63) is 64.1 Å². The lowest BCUT2D eigenvalue weighted by molar-refractivity contribution is -0.147. The molecule has 1 saturated heterocycles. The number of rotatable bonds is 13. The van der Waals surface area contributed by atoms with Crippen LogP contribution in [0.1, 0.15) is 61.4 Å².